The first-order valence-corrected chi connectivity index (χ1v) is 6.97. The van der Waals surface area contributed by atoms with E-state index in [0.717, 1.165) is 12.8 Å². The number of carboxylic acid groups (broad SMARTS) is 1. The van der Waals surface area contributed by atoms with E-state index in [4.69, 9.17) is 28.3 Å². The number of urea groups is 1. The van der Waals surface area contributed by atoms with Crippen molar-refractivity contribution in [2.24, 2.45) is 0 Å². The van der Waals surface area contributed by atoms with E-state index in [9.17, 15) is 9.59 Å². The molecule has 0 unspecified atom stereocenters. The number of nitrogens with one attached hydrogen (secondary N) is 2. The molecule has 0 fully saturated rings. The summed E-state index contributed by atoms with van der Waals surface area (Å²) in [5.41, 5.74) is 0.374. The number of halogens is 2. The minimum atomic E-state index is -0.802. The van der Waals surface area contributed by atoms with Crippen LogP contribution in [0.3, 0.4) is 0 Å². The van der Waals surface area contributed by atoms with Gasteiger partial charge in [-0.2, -0.15) is 0 Å². The lowest BCUT2D eigenvalue weighted by molar-refractivity contribution is -0.137. The number of carbonyl (C=O) groups is 2. The Morgan fingerprint density at radius 1 is 1.10 bits per heavy atom. The minimum absolute atomic E-state index is 0.154. The highest BCUT2D eigenvalue weighted by atomic mass is 35.5. The van der Waals surface area contributed by atoms with Crippen LogP contribution in [0.5, 0.6) is 0 Å². The van der Waals surface area contributed by atoms with Crippen LogP contribution >= 0.6 is 23.2 Å². The minimum Gasteiger partial charge on any atom is -0.481 e. The van der Waals surface area contributed by atoms with Crippen LogP contribution in [0.15, 0.2) is 18.2 Å². The second-order valence-electron chi connectivity index (χ2n) is 4.18. The van der Waals surface area contributed by atoms with Gasteiger partial charge in [0.2, 0.25) is 0 Å². The number of carbonyl (C=O) groups excluding carboxylic acids is 1. The predicted molar refractivity (Wildman–Crippen MR) is 79.6 cm³/mol. The van der Waals surface area contributed by atoms with E-state index >= 15 is 0 Å². The molecule has 0 radical (unpaired) electrons. The van der Waals surface area contributed by atoms with Crippen molar-refractivity contribution in [2.45, 2.75) is 25.7 Å². The Bertz CT molecular complexity index is 460. The summed E-state index contributed by atoms with van der Waals surface area (Å²) in [6.07, 6.45) is 2.23. The monoisotopic (exact) mass is 318 g/mol. The fourth-order valence-electron chi connectivity index (χ4n) is 1.55. The number of para-hydroxylation sites is 1. The zero-order valence-corrected chi connectivity index (χ0v) is 12.3. The van der Waals surface area contributed by atoms with Crippen molar-refractivity contribution in [1.82, 2.24) is 5.32 Å². The van der Waals surface area contributed by atoms with E-state index in [1.54, 1.807) is 18.2 Å². The van der Waals surface area contributed by atoms with Crippen LogP contribution in [0.25, 0.3) is 0 Å². The molecule has 0 spiro atoms. The Labute approximate surface area is 127 Å². The Balaban J connectivity index is 2.25. The summed E-state index contributed by atoms with van der Waals surface area (Å²) in [5.74, 6) is -0.802. The largest absolute Gasteiger partial charge is 0.481 e. The molecule has 0 aliphatic rings. The number of rotatable bonds is 7. The number of anilines is 1. The lowest BCUT2D eigenvalue weighted by Crippen LogP contribution is -2.29. The van der Waals surface area contributed by atoms with Gasteiger partial charge in [0.25, 0.3) is 0 Å². The summed E-state index contributed by atoms with van der Waals surface area (Å²) < 4.78 is 0. The first kappa shape index (κ1) is 16.6. The molecule has 1 aromatic rings. The van der Waals surface area contributed by atoms with Gasteiger partial charge in [-0.3, -0.25) is 4.79 Å². The Kier molecular flexibility index (Phi) is 7.18. The molecular formula is C13H16Cl2N2O3. The predicted octanol–water partition coefficient (Wildman–Crippen LogP) is 3.76. The van der Waals surface area contributed by atoms with Crippen molar-refractivity contribution in [3.05, 3.63) is 28.2 Å². The van der Waals surface area contributed by atoms with Gasteiger partial charge < -0.3 is 15.7 Å². The van der Waals surface area contributed by atoms with Crippen LogP contribution in [0, 0.1) is 0 Å². The number of amides is 2. The summed E-state index contributed by atoms with van der Waals surface area (Å²) in [4.78, 5) is 21.9. The molecule has 1 aromatic carbocycles. The number of aliphatic carboxylic acids is 1. The number of hydrogen-bond acceptors (Lipinski definition) is 2. The molecule has 7 heteroatoms. The first-order chi connectivity index (χ1) is 9.50. The molecule has 0 bridgehead atoms. The van der Waals surface area contributed by atoms with Crippen LogP contribution in [-0.4, -0.2) is 23.7 Å². The zero-order valence-electron chi connectivity index (χ0n) is 10.8. The summed E-state index contributed by atoms with van der Waals surface area (Å²) in [6.45, 7) is 0.466. The Hall–Kier alpha value is -1.46. The molecule has 2 amide bonds. The summed E-state index contributed by atoms with van der Waals surface area (Å²) in [5, 5.41) is 14.4. The average Bonchev–Trinajstić information content (AvgIpc) is 2.38. The van der Waals surface area contributed by atoms with Gasteiger partial charge in [0.15, 0.2) is 0 Å². The Morgan fingerprint density at radius 2 is 1.75 bits per heavy atom. The lowest BCUT2D eigenvalue weighted by Gasteiger charge is -2.10. The van der Waals surface area contributed by atoms with E-state index in [1.165, 1.54) is 0 Å². The molecule has 0 saturated heterocycles. The topological polar surface area (TPSA) is 78.4 Å². The SMILES string of the molecule is O=C(O)CCCCCNC(=O)Nc1c(Cl)cccc1Cl. The first-order valence-electron chi connectivity index (χ1n) is 6.21. The van der Waals surface area contributed by atoms with Crippen LogP contribution in [-0.2, 0) is 4.79 Å². The van der Waals surface area contributed by atoms with Crippen molar-refractivity contribution in [3.63, 3.8) is 0 Å². The molecule has 0 saturated carbocycles. The van der Waals surface area contributed by atoms with Crippen molar-refractivity contribution in [3.8, 4) is 0 Å². The van der Waals surface area contributed by atoms with Crippen molar-refractivity contribution in [1.29, 1.82) is 0 Å². The molecule has 1 rings (SSSR count). The standard InChI is InChI=1S/C13H16Cl2N2O3/c14-9-5-4-6-10(15)12(9)17-13(20)16-8-3-1-2-7-11(18)19/h4-6H,1-3,7-8H2,(H,18,19)(H2,16,17,20). The summed E-state index contributed by atoms with van der Waals surface area (Å²) in [6, 6.07) is 4.57. The lowest BCUT2D eigenvalue weighted by atomic mass is 10.2. The van der Waals surface area contributed by atoms with Crippen molar-refractivity contribution >= 4 is 40.9 Å². The summed E-state index contributed by atoms with van der Waals surface area (Å²) in [7, 11) is 0. The molecule has 0 aliphatic carbocycles. The molecule has 110 valence electrons. The van der Waals surface area contributed by atoms with Gasteiger partial charge in [-0.05, 0) is 25.0 Å². The van der Waals surface area contributed by atoms with Gasteiger partial charge in [-0.25, -0.2) is 4.79 Å². The number of benzene rings is 1. The number of carboxylic acids is 1. The molecular weight excluding hydrogens is 303 g/mol. The molecule has 5 nitrogen and oxygen atoms in total. The maximum Gasteiger partial charge on any atom is 0.319 e. The van der Waals surface area contributed by atoms with E-state index in [0.29, 0.717) is 28.7 Å². The molecule has 3 N–H and O–H groups in total. The highest BCUT2D eigenvalue weighted by Crippen LogP contribution is 2.29. The number of unbranched alkanes of at least 4 members (excludes halogenated alkanes) is 2. The van der Waals surface area contributed by atoms with E-state index in [-0.39, 0.29) is 6.42 Å². The maximum absolute atomic E-state index is 11.6. The second-order valence-corrected chi connectivity index (χ2v) is 5.00. The summed E-state index contributed by atoms with van der Waals surface area (Å²) >= 11 is 11.8. The maximum atomic E-state index is 11.6. The van der Waals surface area contributed by atoms with Gasteiger partial charge in [0, 0.05) is 13.0 Å². The smallest absolute Gasteiger partial charge is 0.319 e. The van der Waals surface area contributed by atoms with Crippen molar-refractivity contribution < 1.29 is 14.7 Å². The van der Waals surface area contributed by atoms with Gasteiger partial charge >= 0.3 is 12.0 Å². The fraction of sp³-hybridized carbons (Fsp3) is 0.385. The third-order valence-corrected chi connectivity index (χ3v) is 3.18. The van der Waals surface area contributed by atoms with Crippen LogP contribution in [0.4, 0.5) is 10.5 Å². The fourth-order valence-corrected chi connectivity index (χ4v) is 2.05. The third kappa shape index (κ3) is 6.12. The Morgan fingerprint density at radius 3 is 2.35 bits per heavy atom. The van der Waals surface area contributed by atoms with E-state index in [1.807, 2.05) is 0 Å². The molecule has 0 heterocycles. The van der Waals surface area contributed by atoms with E-state index < -0.39 is 12.0 Å². The number of hydrogen-bond donors (Lipinski definition) is 3. The average molecular weight is 319 g/mol. The quantitative estimate of drug-likeness (QED) is 0.670. The normalized spacial score (nSPS) is 10.1. The van der Waals surface area contributed by atoms with Crippen LogP contribution in [0.1, 0.15) is 25.7 Å². The van der Waals surface area contributed by atoms with Crippen LogP contribution in [0.2, 0.25) is 10.0 Å². The van der Waals surface area contributed by atoms with Crippen LogP contribution < -0.4 is 10.6 Å². The molecule has 0 aromatic heterocycles. The molecule has 0 atom stereocenters. The van der Waals surface area contributed by atoms with Gasteiger partial charge in [-0.15, -0.1) is 0 Å². The highest BCUT2D eigenvalue weighted by molar-refractivity contribution is 6.39. The molecule has 20 heavy (non-hydrogen) atoms. The van der Waals surface area contributed by atoms with E-state index in [2.05, 4.69) is 10.6 Å². The van der Waals surface area contributed by atoms with Crippen molar-refractivity contribution in [2.75, 3.05) is 11.9 Å². The molecule has 0 aliphatic heterocycles. The third-order valence-electron chi connectivity index (χ3n) is 2.55. The van der Waals surface area contributed by atoms with Gasteiger partial charge in [-0.1, -0.05) is 35.7 Å². The van der Waals surface area contributed by atoms with Gasteiger partial charge in [0.1, 0.15) is 0 Å². The van der Waals surface area contributed by atoms with Gasteiger partial charge in [0.05, 0.1) is 15.7 Å². The zero-order chi connectivity index (χ0) is 15.0. The highest BCUT2D eigenvalue weighted by Gasteiger charge is 2.08. The second kappa shape index (κ2) is 8.66.